The van der Waals surface area contributed by atoms with Crippen LogP contribution in [0.4, 0.5) is 5.69 Å². The number of thioether (sulfide) groups is 1. The number of para-hydroxylation sites is 1. The maximum absolute atomic E-state index is 13.3. The molecule has 0 aromatic heterocycles. The third-order valence-electron chi connectivity index (χ3n) is 5.24. The lowest BCUT2D eigenvalue weighted by Gasteiger charge is -2.30. The van der Waals surface area contributed by atoms with Crippen molar-refractivity contribution in [2.75, 3.05) is 11.4 Å². The number of aryl methyl sites for hydroxylation is 1. The van der Waals surface area contributed by atoms with Gasteiger partial charge in [0.05, 0.1) is 17.1 Å². The molecule has 4 rings (SSSR count). The molecule has 1 aliphatic rings. The summed E-state index contributed by atoms with van der Waals surface area (Å²) in [5, 5.41) is 2.90. The van der Waals surface area contributed by atoms with E-state index in [1.54, 1.807) is 4.90 Å². The van der Waals surface area contributed by atoms with E-state index in [1.807, 2.05) is 85.8 Å². The highest BCUT2D eigenvalue weighted by atomic mass is 32.2. The van der Waals surface area contributed by atoms with Crippen molar-refractivity contribution in [3.8, 4) is 0 Å². The van der Waals surface area contributed by atoms with Crippen molar-refractivity contribution in [1.29, 1.82) is 0 Å². The SMILES string of the molecule is Cc1ccccc1CN1C(=O)/C(=C/C(=O)NCCc2ccccc2)Sc2ccccc21. The Kier molecular flexibility index (Phi) is 6.53. The van der Waals surface area contributed by atoms with Crippen LogP contribution in [0.15, 0.2) is 94.7 Å². The van der Waals surface area contributed by atoms with Crippen LogP contribution in [0.2, 0.25) is 0 Å². The first-order chi connectivity index (χ1) is 15.1. The van der Waals surface area contributed by atoms with Gasteiger partial charge in [-0.25, -0.2) is 0 Å². The molecule has 5 heteroatoms. The fraction of sp³-hybridized carbons (Fsp3) is 0.154. The molecule has 0 spiro atoms. The average molecular weight is 429 g/mol. The quantitative estimate of drug-likeness (QED) is 0.570. The van der Waals surface area contributed by atoms with Crippen molar-refractivity contribution in [3.05, 3.63) is 107 Å². The van der Waals surface area contributed by atoms with Gasteiger partial charge in [0.2, 0.25) is 5.91 Å². The summed E-state index contributed by atoms with van der Waals surface area (Å²) in [6.45, 7) is 3.03. The fourth-order valence-corrected chi connectivity index (χ4v) is 4.55. The molecule has 1 heterocycles. The van der Waals surface area contributed by atoms with Gasteiger partial charge in [-0.05, 0) is 42.2 Å². The van der Waals surface area contributed by atoms with Crippen LogP contribution in [0, 0.1) is 6.92 Å². The van der Waals surface area contributed by atoms with E-state index in [2.05, 4.69) is 5.32 Å². The summed E-state index contributed by atoms with van der Waals surface area (Å²) in [6, 6.07) is 25.9. The molecular formula is C26H24N2O2S. The van der Waals surface area contributed by atoms with E-state index in [1.165, 1.54) is 17.8 Å². The first-order valence-corrected chi connectivity index (χ1v) is 11.1. The number of rotatable bonds is 6. The number of amides is 2. The Hall–Kier alpha value is -3.31. The second-order valence-electron chi connectivity index (χ2n) is 7.42. The fourth-order valence-electron chi connectivity index (χ4n) is 3.52. The van der Waals surface area contributed by atoms with E-state index in [0.29, 0.717) is 18.0 Å². The summed E-state index contributed by atoms with van der Waals surface area (Å²) in [6.07, 6.45) is 2.18. The molecule has 0 fully saturated rings. The van der Waals surface area contributed by atoms with Crippen molar-refractivity contribution in [2.45, 2.75) is 24.8 Å². The van der Waals surface area contributed by atoms with Crippen LogP contribution in [-0.2, 0) is 22.6 Å². The standard InChI is InChI=1S/C26H24N2O2S/c1-19-9-5-6-12-21(19)18-28-22-13-7-8-14-23(22)31-24(26(28)30)17-25(29)27-16-15-20-10-3-2-4-11-20/h2-14,17H,15-16,18H2,1H3,(H,27,29)/b24-17-. The lowest BCUT2D eigenvalue weighted by atomic mass is 10.1. The van der Waals surface area contributed by atoms with E-state index in [9.17, 15) is 9.59 Å². The van der Waals surface area contributed by atoms with Crippen LogP contribution < -0.4 is 10.2 Å². The van der Waals surface area contributed by atoms with Crippen molar-refractivity contribution in [1.82, 2.24) is 5.32 Å². The summed E-state index contributed by atoms with van der Waals surface area (Å²) in [5.41, 5.74) is 4.26. The van der Waals surface area contributed by atoms with E-state index >= 15 is 0 Å². The van der Waals surface area contributed by atoms with Crippen LogP contribution in [0.3, 0.4) is 0 Å². The van der Waals surface area contributed by atoms with Gasteiger partial charge in [0.15, 0.2) is 0 Å². The number of fused-ring (bicyclic) bond motifs is 1. The molecule has 1 aliphatic heterocycles. The molecule has 4 nitrogen and oxygen atoms in total. The van der Waals surface area contributed by atoms with E-state index < -0.39 is 0 Å². The van der Waals surface area contributed by atoms with Gasteiger partial charge < -0.3 is 10.2 Å². The van der Waals surface area contributed by atoms with Gasteiger partial charge in [0, 0.05) is 17.5 Å². The van der Waals surface area contributed by atoms with Gasteiger partial charge in [0.1, 0.15) is 0 Å². The summed E-state index contributed by atoms with van der Waals surface area (Å²) in [5.74, 6) is -0.396. The zero-order chi connectivity index (χ0) is 21.6. The zero-order valence-electron chi connectivity index (χ0n) is 17.4. The zero-order valence-corrected chi connectivity index (χ0v) is 18.2. The minimum atomic E-state index is -0.248. The molecule has 0 saturated heterocycles. The largest absolute Gasteiger partial charge is 0.352 e. The average Bonchev–Trinajstić information content (AvgIpc) is 2.78. The molecule has 0 saturated carbocycles. The molecule has 31 heavy (non-hydrogen) atoms. The monoisotopic (exact) mass is 428 g/mol. The number of nitrogens with zero attached hydrogens (tertiary/aromatic N) is 1. The minimum absolute atomic E-state index is 0.148. The van der Waals surface area contributed by atoms with Crippen molar-refractivity contribution >= 4 is 29.3 Å². The van der Waals surface area contributed by atoms with Crippen LogP contribution in [-0.4, -0.2) is 18.4 Å². The number of hydrogen-bond donors (Lipinski definition) is 1. The molecule has 0 bridgehead atoms. The molecule has 0 radical (unpaired) electrons. The predicted octanol–water partition coefficient (Wildman–Crippen LogP) is 4.88. The number of hydrogen-bond acceptors (Lipinski definition) is 3. The second-order valence-corrected chi connectivity index (χ2v) is 8.51. The van der Waals surface area contributed by atoms with Crippen LogP contribution in [0.25, 0.3) is 0 Å². The Morgan fingerprint density at radius 1 is 0.968 bits per heavy atom. The first kappa shape index (κ1) is 20.9. The van der Waals surface area contributed by atoms with Gasteiger partial charge >= 0.3 is 0 Å². The number of anilines is 1. The molecule has 3 aromatic carbocycles. The molecule has 0 unspecified atom stereocenters. The Labute approximate surface area is 187 Å². The molecule has 0 atom stereocenters. The number of benzene rings is 3. The third-order valence-corrected chi connectivity index (χ3v) is 6.32. The van der Waals surface area contributed by atoms with E-state index in [-0.39, 0.29) is 11.8 Å². The molecule has 3 aromatic rings. The molecule has 1 N–H and O–H groups in total. The molecular weight excluding hydrogens is 404 g/mol. The topological polar surface area (TPSA) is 49.4 Å². The summed E-state index contributed by atoms with van der Waals surface area (Å²) in [7, 11) is 0. The Morgan fingerprint density at radius 2 is 1.68 bits per heavy atom. The van der Waals surface area contributed by atoms with Gasteiger partial charge in [-0.1, -0.05) is 78.5 Å². The summed E-state index contributed by atoms with van der Waals surface area (Å²) >= 11 is 1.35. The van der Waals surface area contributed by atoms with Gasteiger partial charge in [-0.3, -0.25) is 9.59 Å². The number of nitrogens with one attached hydrogen (secondary N) is 1. The van der Waals surface area contributed by atoms with Gasteiger partial charge in [0.25, 0.3) is 5.91 Å². The van der Waals surface area contributed by atoms with E-state index in [0.717, 1.165) is 33.7 Å². The van der Waals surface area contributed by atoms with Gasteiger partial charge in [-0.2, -0.15) is 0 Å². The highest BCUT2D eigenvalue weighted by Gasteiger charge is 2.29. The molecule has 0 aliphatic carbocycles. The Bertz CT molecular complexity index is 1130. The second kappa shape index (κ2) is 9.67. The van der Waals surface area contributed by atoms with Crippen LogP contribution >= 0.6 is 11.8 Å². The first-order valence-electron chi connectivity index (χ1n) is 10.3. The van der Waals surface area contributed by atoms with Crippen molar-refractivity contribution in [2.24, 2.45) is 0 Å². The van der Waals surface area contributed by atoms with Crippen molar-refractivity contribution < 1.29 is 9.59 Å². The van der Waals surface area contributed by atoms with Crippen molar-refractivity contribution in [3.63, 3.8) is 0 Å². The Balaban J connectivity index is 1.51. The van der Waals surface area contributed by atoms with Crippen LogP contribution in [0.1, 0.15) is 16.7 Å². The lowest BCUT2D eigenvalue weighted by Crippen LogP contribution is -2.35. The predicted molar refractivity (Wildman–Crippen MR) is 126 cm³/mol. The number of carbonyl (C=O) groups is 2. The Morgan fingerprint density at radius 3 is 2.48 bits per heavy atom. The maximum Gasteiger partial charge on any atom is 0.265 e. The van der Waals surface area contributed by atoms with Crippen LogP contribution in [0.5, 0.6) is 0 Å². The highest BCUT2D eigenvalue weighted by Crippen LogP contribution is 2.41. The highest BCUT2D eigenvalue weighted by molar-refractivity contribution is 8.04. The summed E-state index contributed by atoms with van der Waals surface area (Å²) < 4.78 is 0. The minimum Gasteiger partial charge on any atom is -0.352 e. The normalized spacial score (nSPS) is 14.4. The number of carbonyl (C=O) groups excluding carboxylic acids is 2. The smallest absolute Gasteiger partial charge is 0.265 e. The third kappa shape index (κ3) is 5.06. The maximum atomic E-state index is 13.3. The van der Waals surface area contributed by atoms with Gasteiger partial charge in [-0.15, -0.1) is 0 Å². The summed E-state index contributed by atoms with van der Waals surface area (Å²) in [4.78, 5) is 29.0. The lowest BCUT2D eigenvalue weighted by molar-refractivity contribution is -0.118. The van der Waals surface area contributed by atoms with E-state index in [4.69, 9.17) is 0 Å². The molecule has 2 amide bonds. The molecule has 156 valence electrons.